The van der Waals surface area contributed by atoms with Crippen LogP contribution in [0.25, 0.3) is 0 Å². The van der Waals surface area contributed by atoms with Gasteiger partial charge in [0.05, 0.1) is 25.9 Å². The number of nitrogens with one attached hydrogen (secondary N) is 1. The van der Waals surface area contributed by atoms with Crippen LogP contribution in [0.4, 0.5) is 0 Å². The van der Waals surface area contributed by atoms with Crippen molar-refractivity contribution in [1.29, 1.82) is 0 Å². The maximum absolute atomic E-state index is 9.91. The molecular weight excluding hydrogens is 290 g/mol. The quantitative estimate of drug-likeness (QED) is 0.561. The molecule has 0 amide bonds. The lowest BCUT2D eigenvalue weighted by molar-refractivity contribution is 0.175. The number of fused-ring (bicyclic) bond motifs is 1. The summed E-state index contributed by atoms with van der Waals surface area (Å²) in [6.07, 6.45) is 0.520. The largest absolute Gasteiger partial charge is 0.490 e. The number of aliphatic hydroxyl groups is 1. The van der Waals surface area contributed by atoms with E-state index in [0.29, 0.717) is 32.1 Å². The molecule has 5 nitrogen and oxygen atoms in total. The average molecular weight is 313 g/mol. The van der Waals surface area contributed by atoms with Crippen LogP contribution in [0.3, 0.4) is 0 Å². The molecular formula is C15H23NO4S. The number of benzene rings is 1. The third-order valence-electron chi connectivity index (χ3n) is 3.02. The van der Waals surface area contributed by atoms with Crippen LogP contribution in [0.1, 0.15) is 6.42 Å². The number of hydrogen-bond acceptors (Lipinski definition) is 6. The molecule has 0 saturated heterocycles. The third kappa shape index (κ3) is 5.74. The van der Waals surface area contributed by atoms with E-state index in [2.05, 4.69) is 5.32 Å². The van der Waals surface area contributed by atoms with Crippen LogP contribution in [0, 0.1) is 0 Å². The minimum Gasteiger partial charge on any atom is -0.490 e. The zero-order valence-electron chi connectivity index (χ0n) is 12.3. The van der Waals surface area contributed by atoms with Crippen molar-refractivity contribution in [3.8, 4) is 11.5 Å². The molecule has 1 aliphatic rings. The first-order valence-electron chi connectivity index (χ1n) is 7.20. The van der Waals surface area contributed by atoms with Crippen molar-refractivity contribution in [3.63, 3.8) is 0 Å². The molecule has 1 unspecified atom stereocenters. The van der Waals surface area contributed by atoms with Crippen LogP contribution in [0.5, 0.6) is 11.5 Å². The van der Waals surface area contributed by atoms with E-state index in [9.17, 15) is 5.11 Å². The Bertz CT molecular complexity index is 430. The maximum atomic E-state index is 9.91. The molecule has 0 spiro atoms. The van der Waals surface area contributed by atoms with Crippen molar-refractivity contribution in [2.45, 2.75) is 17.4 Å². The van der Waals surface area contributed by atoms with Gasteiger partial charge in [0.2, 0.25) is 0 Å². The van der Waals surface area contributed by atoms with Gasteiger partial charge in [-0.25, -0.2) is 0 Å². The van der Waals surface area contributed by atoms with Crippen LogP contribution < -0.4 is 14.8 Å². The molecule has 6 heteroatoms. The standard InChI is InChI=1S/C15H23NO4S/c1-18-8-5-16-10-12(17)11-21-13-3-4-14-15(9-13)20-7-2-6-19-14/h3-4,9,12,16-17H,2,5-8,10-11H2,1H3. The zero-order chi connectivity index (χ0) is 14.9. The minimum absolute atomic E-state index is 0.386. The number of hydrogen-bond donors (Lipinski definition) is 2. The number of rotatable bonds is 8. The number of thioether (sulfide) groups is 1. The molecule has 0 saturated carbocycles. The highest BCUT2D eigenvalue weighted by Crippen LogP contribution is 2.33. The van der Waals surface area contributed by atoms with Crippen molar-refractivity contribution in [2.75, 3.05) is 45.8 Å². The molecule has 1 atom stereocenters. The highest BCUT2D eigenvalue weighted by Gasteiger charge is 2.12. The Morgan fingerprint density at radius 3 is 2.95 bits per heavy atom. The molecule has 2 rings (SSSR count). The summed E-state index contributed by atoms with van der Waals surface area (Å²) in [7, 11) is 1.66. The van der Waals surface area contributed by atoms with Crippen LogP contribution in [0.15, 0.2) is 23.1 Å². The number of aliphatic hydroxyl groups excluding tert-OH is 1. The fraction of sp³-hybridized carbons (Fsp3) is 0.600. The van der Waals surface area contributed by atoms with Crippen LogP contribution in [-0.4, -0.2) is 57.0 Å². The Balaban J connectivity index is 1.76. The summed E-state index contributed by atoms with van der Waals surface area (Å²) in [5.41, 5.74) is 0. The molecule has 1 aromatic rings. The minimum atomic E-state index is -0.386. The lowest BCUT2D eigenvalue weighted by Crippen LogP contribution is -2.30. The molecule has 21 heavy (non-hydrogen) atoms. The molecule has 0 fully saturated rings. The zero-order valence-corrected chi connectivity index (χ0v) is 13.2. The summed E-state index contributed by atoms with van der Waals surface area (Å²) in [6.45, 7) is 3.36. The van der Waals surface area contributed by atoms with Crippen LogP contribution in [0.2, 0.25) is 0 Å². The van der Waals surface area contributed by atoms with Gasteiger partial charge in [-0.1, -0.05) is 0 Å². The van der Waals surface area contributed by atoms with Crippen molar-refractivity contribution >= 4 is 11.8 Å². The first-order chi connectivity index (χ1) is 10.3. The summed E-state index contributed by atoms with van der Waals surface area (Å²) in [5.74, 6) is 2.24. The van der Waals surface area contributed by atoms with Gasteiger partial charge in [0, 0.05) is 37.3 Å². The highest BCUT2D eigenvalue weighted by atomic mass is 32.2. The van der Waals surface area contributed by atoms with Gasteiger partial charge in [-0.2, -0.15) is 0 Å². The van der Waals surface area contributed by atoms with Crippen LogP contribution in [-0.2, 0) is 4.74 Å². The van der Waals surface area contributed by atoms with Crippen molar-refractivity contribution in [2.24, 2.45) is 0 Å². The molecule has 1 heterocycles. The van der Waals surface area contributed by atoms with Gasteiger partial charge < -0.3 is 24.6 Å². The molecule has 2 N–H and O–H groups in total. The van der Waals surface area contributed by atoms with E-state index in [1.165, 1.54) is 0 Å². The Morgan fingerprint density at radius 2 is 2.14 bits per heavy atom. The van der Waals surface area contributed by atoms with E-state index in [1.807, 2.05) is 18.2 Å². The molecule has 0 radical (unpaired) electrons. The van der Waals surface area contributed by atoms with Gasteiger partial charge in [0.15, 0.2) is 11.5 Å². The van der Waals surface area contributed by atoms with Gasteiger partial charge in [-0.15, -0.1) is 11.8 Å². The fourth-order valence-electron chi connectivity index (χ4n) is 1.93. The Hall–Kier alpha value is -0.950. The normalized spacial score (nSPS) is 15.5. The topological polar surface area (TPSA) is 60.0 Å². The predicted octanol–water partition coefficient (Wildman–Crippen LogP) is 1.54. The average Bonchev–Trinajstić information content (AvgIpc) is 2.74. The van der Waals surface area contributed by atoms with Crippen molar-refractivity contribution < 1.29 is 19.3 Å². The van der Waals surface area contributed by atoms with E-state index < -0.39 is 0 Å². The summed E-state index contributed by atoms with van der Waals surface area (Å²) >= 11 is 1.62. The third-order valence-corrected chi connectivity index (χ3v) is 4.16. The van der Waals surface area contributed by atoms with Gasteiger partial charge in [-0.05, 0) is 18.2 Å². The first kappa shape index (κ1) is 16.4. The maximum Gasteiger partial charge on any atom is 0.162 e. The first-order valence-corrected chi connectivity index (χ1v) is 8.18. The smallest absolute Gasteiger partial charge is 0.162 e. The van der Waals surface area contributed by atoms with E-state index in [1.54, 1.807) is 18.9 Å². The van der Waals surface area contributed by atoms with Crippen LogP contribution >= 0.6 is 11.8 Å². The second-order valence-corrected chi connectivity index (χ2v) is 5.91. The molecule has 1 aromatic carbocycles. The lowest BCUT2D eigenvalue weighted by atomic mass is 10.3. The molecule has 0 aliphatic carbocycles. The Kier molecular flexibility index (Phi) is 7.15. The lowest BCUT2D eigenvalue weighted by Gasteiger charge is -2.12. The van der Waals surface area contributed by atoms with Gasteiger partial charge in [-0.3, -0.25) is 0 Å². The van der Waals surface area contributed by atoms with Gasteiger partial charge >= 0.3 is 0 Å². The van der Waals surface area contributed by atoms with E-state index in [4.69, 9.17) is 14.2 Å². The fourth-order valence-corrected chi connectivity index (χ4v) is 2.78. The number of ether oxygens (including phenoxy) is 3. The molecule has 0 aromatic heterocycles. The van der Waals surface area contributed by atoms with Gasteiger partial charge in [0.25, 0.3) is 0 Å². The Morgan fingerprint density at radius 1 is 1.33 bits per heavy atom. The predicted molar refractivity (Wildman–Crippen MR) is 83.5 cm³/mol. The van der Waals surface area contributed by atoms with E-state index in [0.717, 1.165) is 29.4 Å². The summed E-state index contributed by atoms with van der Waals surface area (Å²) in [6, 6.07) is 5.92. The second kappa shape index (κ2) is 9.15. The molecule has 1 aliphatic heterocycles. The highest BCUT2D eigenvalue weighted by molar-refractivity contribution is 7.99. The summed E-state index contributed by atoms with van der Waals surface area (Å²) < 4.78 is 16.2. The molecule has 118 valence electrons. The van der Waals surface area contributed by atoms with Crippen molar-refractivity contribution in [1.82, 2.24) is 5.32 Å². The van der Waals surface area contributed by atoms with Gasteiger partial charge in [0.1, 0.15) is 0 Å². The monoisotopic (exact) mass is 313 g/mol. The molecule has 0 bridgehead atoms. The number of methoxy groups -OCH3 is 1. The van der Waals surface area contributed by atoms with E-state index >= 15 is 0 Å². The summed E-state index contributed by atoms with van der Waals surface area (Å²) in [5, 5.41) is 13.1. The summed E-state index contributed by atoms with van der Waals surface area (Å²) in [4.78, 5) is 1.08. The van der Waals surface area contributed by atoms with E-state index in [-0.39, 0.29) is 6.10 Å². The second-order valence-electron chi connectivity index (χ2n) is 4.82. The SMILES string of the molecule is COCCNCC(O)CSc1ccc2c(c1)OCCCO2. The van der Waals surface area contributed by atoms with Crippen molar-refractivity contribution in [3.05, 3.63) is 18.2 Å². The Labute approximate surface area is 130 Å².